The number of aliphatic hydroxyl groups excluding tert-OH is 4. The van der Waals surface area contributed by atoms with Crippen molar-refractivity contribution in [2.75, 3.05) is 13.1 Å². The highest BCUT2D eigenvalue weighted by molar-refractivity contribution is 7.46. The van der Waals surface area contributed by atoms with Gasteiger partial charge in [0.2, 0.25) is 0 Å². The maximum Gasteiger partial charge on any atom is 0.306 e. The second-order valence-corrected chi connectivity index (χ2v) is 18.0. The van der Waals surface area contributed by atoms with Gasteiger partial charge in [0, 0.05) is 12.8 Å². The third-order valence-electron chi connectivity index (χ3n) is 10.2. The summed E-state index contributed by atoms with van der Waals surface area (Å²) >= 11 is 0. The van der Waals surface area contributed by atoms with Crippen molar-refractivity contribution in [2.45, 2.75) is 236 Å². The number of hydrogen-bond donors (Lipinski definition) is 7. The zero-order chi connectivity index (χ0) is 48.5. The highest BCUT2D eigenvalue weighted by Gasteiger charge is 2.52. The normalized spacial score (nSPS) is 24.8. The smallest absolute Gasteiger partial charge is 0.306 e. The fraction of sp³-hybridized carbons (Fsp3) is 0.951. The van der Waals surface area contributed by atoms with E-state index in [1.54, 1.807) is 0 Å². The molecule has 61 heavy (non-hydrogen) atoms. The topological polar surface area (TPSA) is 335 Å². The Labute approximate surface area is 372 Å². The lowest BCUT2D eigenvalue weighted by molar-refractivity contribution is -0.271. The Hall–Kier alpha value is -1.08. The van der Waals surface area contributed by atoms with Crippen LogP contribution in [0.5, 0.6) is 0 Å². The molecule has 0 radical (unpaired) electrons. The van der Waals surface area contributed by atoms with Crippen LogP contribution in [0.1, 0.15) is 200 Å². The molecule has 18 nitrogen and oxygen atoms in total. The molecule has 0 saturated heterocycles. The molecule has 1 fully saturated rings. The van der Waals surface area contributed by atoms with Gasteiger partial charge < -0.3 is 70.5 Å². The molecule has 0 spiro atoms. The molecule has 7 unspecified atom stereocenters. The summed E-state index contributed by atoms with van der Waals surface area (Å²) in [4.78, 5) is 59.5. The van der Waals surface area contributed by atoms with Crippen molar-refractivity contribution in [1.29, 1.82) is 0 Å². The van der Waals surface area contributed by atoms with Crippen LogP contribution < -0.4 is 22.1 Å². The number of ether oxygens (including phenoxy) is 2. The van der Waals surface area contributed by atoms with Gasteiger partial charge in [-0.1, -0.05) is 168 Å². The summed E-state index contributed by atoms with van der Waals surface area (Å²) in [6.45, 7) is -3.90. The third kappa shape index (κ3) is 31.4. The minimum atomic E-state index is -6.44. The van der Waals surface area contributed by atoms with Gasteiger partial charge in [-0.05, 0) is 12.8 Å². The molecular formula is C41H86N2O16P2. The monoisotopic (exact) mass is 930 g/mol. The fourth-order valence-corrected chi connectivity index (χ4v) is 8.15. The van der Waals surface area contributed by atoms with Gasteiger partial charge in [-0.2, -0.15) is 0 Å². The van der Waals surface area contributed by atoms with Crippen LogP contribution in [0.3, 0.4) is 0 Å². The number of phosphoric acid groups is 2. The van der Waals surface area contributed by atoms with Crippen LogP contribution >= 0.6 is 15.6 Å². The van der Waals surface area contributed by atoms with Crippen LogP contribution in [0.15, 0.2) is 0 Å². The van der Waals surface area contributed by atoms with Crippen molar-refractivity contribution in [3.05, 3.63) is 0 Å². The zero-order valence-corrected chi connectivity index (χ0v) is 39.2. The van der Waals surface area contributed by atoms with Gasteiger partial charge in [0.15, 0.2) is 6.08 Å². The number of carbonyl (C=O) groups is 2. The Kier molecular flexibility index (Phi) is 32.0. The highest BCUT2D eigenvalue weighted by atomic mass is 31.2. The van der Waals surface area contributed by atoms with E-state index in [-0.39, 0.29) is 31.6 Å². The first-order valence-electron chi connectivity index (χ1n) is 24.5. The van der Waals surface area contributed by atoms with Crippen LogP contribution in [0.25, 0.3) is 0 Å². The number of aliphatic hydroxyl groups is 4. The predicted molar refractivity (Wildman–Crippen MR) is 231 cm³/mol. The van der Waals surface area contributed by atoms with E-state index in [0.29, 0.717) is 12.8 Å². The maximum absolute atomic E-state index is 13.1. The van der Waals surface area contributed by atoms with E-state index in [1.807, 2.05) is 0 Å². The minimum absolute atomic E-state index is 0. The molecule has 0 amide bonds. The molecule has 1 aliphatic rings. The molecule has 0 aromatic heterocycles. The van der Waals surface area contributed by atoms with Gasteiger partial charge in [0.05, 0.1) is 13.4 Å². The summed E-state index contributed by atoms with van der Waals surface area (Å²) in [7, 11) is -12.2. The molecule has 20 heteroatoms. The minimum Gasteiger partial charge on any atom is -0.756 e. The van der Waals surface area contributed by atoms with Gasteiger partial charge in [-0.15, -0.1) is 0 Å². The number of rotatable bonds is 38. The molecule has 0 aliphatic heterocycles. The molecule has 1 saturated carbocycles. The SMILES string of the molecule is [2H]C([2H])(OC(=O)CCCCCCCCCCCCCCC)C([2H])(OC(=O)CCCCCCCCCCCCCCC)C([2H])([2H])OP(=O)([O-])O[C@H]1C(O)C(OP(=O)([O-])O)C(O)[C@@H](O)C1O.[NH4+].[NH4+]. The summed E-state index contributed by atoms with van der Waals surface area (Å²) < 4.78 is 89.9. The Morgan fingerprint density at radius 2 is 0.902 bits per heavy atom. The van der Waals surface area contributed by atoms with E-state index in [9.17, 15) is 48.9 Å². The van der Waals surface area contributed by atoms with Gasteiger partial charge in [0.25, 0.3) is 15.6 Å². The standard InChI is InChI=1S/C41H80O16P2.2H3N/c1-3-5-7-9-11-13-15-17-19-21-23-25-27-29-34(42)53-31-33(55-35(43)30-28-26-24-22-20-18-16-14-12-10-8-6-4-2)32-54-59(51,52)57-41-38(46)36(44)37(45)40(39(41)47)56-58(48,49)50;;/h33,36-41,44-47H,3-32H2,1-2H3,(H,51,52)(H2,48,49,50);2*1H3/t33?,36-,37?,38?,39?,40?,41-;;/m1../s1/i31D2,32D2,33D;;. The quantitative estimate of drug-likeness (QED) is 0.0181. The lowest BCUT2D eigenvalue weighted by atomic mass is 9.85. The number of quaternary nitrogens is 2. The summed E-state index contributed by atoms with van der Waals surface area (Å²) in [6.07, 6.45) is 5.42. The summed E-state index contributed by atoms with van der Waals surface area (Å²) in [5.41, 5.74) is 0. The summed E-state index contributed by atoms with van der Waals surface area (Å²) in [5.74, 6) is -2.63. The molecular weight excluding hydrogens is 838 g/mol. The largest absolute Gasteiger partial charge is 0.756 e. The average molecular weight is 930 g/mol. The van der Waals surface area contributed by atoms with E-state index in [2.05, 4.69) is 27.4 Å². The first kappa shape index (κ1) is 52.5. The Morgan fingerprint density at radius 3 is 1.28 bits per heavy atom. The fourth-order valence-electron chi connectivity index (χ4n) is 6.81. The van der Waals surface area contributed by atoms with Gasteiger partial charge in [-0.3, -0.25) is 18.7 Å². The van der Waals surface area contributed by atoms with E-state index < -0.39 is 89.8 Å². The van der Waals surface area contributed by atoms with Crippen molar-refractivity contribution in [3.63, 3.8) is 0 Å². The molecule has 366 valence electrons. The Balaban J connectivity index is 0. The van der Waals surface area contributed by atoms with Crippen molar-refractivity contribution in [3.8, 4) is 0 Å². The molecule has 0 heterocycles. The van der Waals surface area contributed by atoms with Crippen LogP contribution in [0, 0.1) is 0 Å². The van der Waals surface area contributed by atoms with Crippen molar-refractivity contribution >= 4 is 27.6 Å². The summed E-state index contributed by atoms with van der Waals surface area (Å²) in [6, 6.07) is 0. The number of unbranched alkanes of at least 4 members (excludes halogenated alkanes) is 24. The molecule has 9 atom stereocenters. The predicted octanol–water partition coefficient (Wildman–Crippen LogP) is 7.33. The lowest BCUT2D eigenvalue weighted by Crippen LogP contribution is -2.64. The first-order valence-corrected chi connectivity index (χ1v) is 25.0. The van der Waals surface area contributed by atoms with Gasteiger partial charge >= 0.3 is 11.9 Å². The Bertz CT molecular complexity index is 1410. The van der Waals surface area contributed by atoms with Gasteiger partial charge in [-0.25, -0.2) is 0 Å². The van der Waals surface area contributed by atoms with Crippen LogP contribution in [0.2, 0.25) is 0 Å². The molecule has 1 aliphatic carbocycles. The van der Waals surface area contributed by atoms with Crippen LogP contribution in [0.4, 0.5) is 0 Å². The third-order valence-corrected chi connectivity index (χ3v) is 11.6. The molecule has 0 aromatic rings. The van der Waals surface area contributed by atoms with Crippen LogP contribution in [-0.4, -0.2) is 93.1 Å². The van der Waals surface area contributed by atoms with E-state index in [1.165, 1.54) is 77.0 Å². The number of carbonyl (C=O) groups excluding carboxylic acids is 2. The zero-order valence-electron chi connectivity index (χ0n) is 42.4. The Morgan fingerprint density at radius 1 is 0.557 bits per heavy atom. The van der Waals surface area contributed by atoms with Crippen LogP contribution in [-0.2, 0) is 41.8 Å². The highest BCUT2D eigenvalue weighted by Crippen LogP contribution is 2.45. The van der Waals surface area contributed by atoms with Crippen molar-refractivity contribution in [1.82, 2.24) is 12.3 Å². The van der Waals surface area contributed by atoms with Crippen molar-refractivity contribution < 1.29 is 83.7 Å². The van der Waals surface area contributed by atoms with E-state index in [0.717, 1.165) is 64.2 Å². The number of hydrogen-bond acceptors (Lipinski definition) is 15. The molecule has 13 N–H and O–H groups in total. The molecule has 1 rings (SSSR count). The van der Waals surface area contributed by atoms with E-state index >= 15 is 0 Å². The maximum atomic E-state index is 13.1. The van der Waals surface area contributed by atoms with E-state index in [4.69, 9.17) is 21.2 Å². The number of esters is 2. The first-order chi connectivity index (χ1) is 29.9. The van der Waals surface area contributed by atoms with Crippen molar-refractivity contribution in [2.24, 2.45) is 0 Å². The molecule has 0 bridgehead atoms. The second-order valence-electron chi connectivity index (χ2n) is 15.6. The second kappa shape index (κ2) is 37.2. The average Bonchev–Trinajstić information content (AvgIpc) is 3.19. The number of phosphoric ester groups is 2. The lowest BCUT2D eigenvalue weighted by Gasteiger charge is -2.45. The van der Waals surface area contributed by atoms with Gasteiger partial charge in [0.1, 0.15) is 43.2 Å². The summed E-state index contributed by atoms with van der Waals surface area (Å²) in [5, 5.41) is 41.2. The molecule has 0 aromatic carbocycles.